The smallest absolute Gasteiger partial charge is 0.202 e. The second-order valence-corrected chi connectivity index (χ2v) is 5.42. The minimum Gasteiger partial charge on any atom is -0.349 e. The van der Waals surface area contributed by atoms with E-state index in [-0.39, 0.29) is 5.43 Å². The summed E-state index contributed by atoms with van der Waals surface area (Å²) in [6, 6.07) is 6.12. The molecule has 0 atom stereocenters. The van der Waals surface area contributed by atoms with E-state index in [0.717, 1.165) is 15.8 Å². The number of fused-ring (bicyclic) bond motifs is 1. The Kier molecular flexibility index (Phi) is 3.29. The van der Waals surface area contributed by atoms with Crippen molar-refractivity contribution in [3.8, 4) is 0 Å². The fraction of sp³-hybridized carbons (Fsp3) is 0.357. The van der Waals surface area contributed by atoms with Crippen molar-refractivity contribution >= 4 is 22.7 Å². The molecule has 0 aliphatic heterocycles. The second-order valence-electron chi connectivity index (χ2n) is 4.57. The first kappa shape index (κ1) is 12.2. The fourth-order valence-electron chi connectivity index (χ4n) is 1.97. The molecule has 0 aliphatic rings. The lowest BCUT2D eigenvalue weighted by Crippen LogP contribution is -2.09. The molecule has 0 fully saturated rings. The molecule has 0 saturated heterocycles. The predicted octanol–water partition coefficient (Wildman–Crippen LogP) is 3.38. The predicted molar refractivity (Wildman–Crippen MR) is 75.1 cm³/mol. The summed E-state index contributed by atoms with van der Waals surface area (Å²) in [6.07, 6.45) is 3.85. The third-order valence-corrected chi connectivity index (χ3v) is 3.80. The number of hydrogen-bond donors (Lipinski definition) is 0. The summed E-state index contributed by atoms with van der Waals surface area (Å²) in [6.45, 7) is 4.32. The zero-order valence-corrected chi connectivity index (χ0v) is 11.5. The molecule has 0 unspecified atom stereocenters. The van der Waals surface area contributed by atoms with Gasteiger partial charge in [0.2, 0.25) is 5.43 Å². The molecule has 0 amide bonds. The lowest BCUT2D eigenvalue weighted by atomic mass is 10.0. The van der Waals surface area contributed by atoms with Crippen LogP contribution in [0.25, 0.3) is 10.9 Å². The van der Waals surface area contributed by atoms with Crippen molar-refractivity contribution in [3.05, 3.63) is 40.2 Å². The number of benzene rings is 1. The van der Waals surface area contributed by atoms with E-state index in [1.54, 1.807) is 0 Å². The summed E-state index contributed by atoms with van der Waals surface area (Å²) < 4.78 is 2.04. The molecule has 2 nitrogen and oxygen atoms in total. The first-order valence-corrected chi connectivity index (χ1v) is 6.94. The Bertz CT molecular complexity index is 613. The lowest BCUT2D eigenvalue weighted by Gasteiger charge is -2.11. The Labute approximate surface area is 106 Å². The molecule has 0 N–H and O–H groups in total. The highest BCUT2D eigenvalue weighted by Gasteiger charge is 2.08. The van der Waals surface area contributed by atoms with Crippen LogP contribution in [0.2, 0.25) is 0 Å². The number of thioether (sulfide) groups is 1. The average molecular weight is 247 g/mol. The van der Waals surface area contributed by atoms with E-state index in [9.17, 15) is 4.79 Å². The summed E-state index contributed by atoms with van der Waals surface area (Å²) in [5.41, 5.74) is 2.42. The maximum Gasteiger partial charge on any atom is 0.202 e. The highest BCUT2D eigenvalue weighted by Crippen LogP contribution is 2.21. The molecule has 2 aromatic rings. The third kappa shape index (κ3) is 2.12. The van der Waals surface area contributed by atoms with E-state index in [0.29, 0.717) is 5.92 Å². The minimum atomic E-state index is 0.140. The van der Waals surface area contributed by atoms with Crippen LogP contribution in [0.4, 0.5) is 0 Å². The molecule has 1 aromatic carbocycles. The zero-order chi connectivity index (χ0) is 12.6. The minimum absolute atomic E-state index is 0.140. The van der Waals surface area contributed by atoms with Crippen LogP contribution in [0.5, 0.6) is 0 Å². The van der Waals surface area contributed by atoms with Crippen molar-refractivity contribution in [2.75, 3.05) is 6.26 Å². The number of hydrogen-bond acceptors (Lipinski definition) is 2. The van der Waals surface area contributed by atoms with Crippen molar-refractivity contribution in [2.24, 2.45) is 7.05 Å². The standard InChI is InChI=1S/C14H17NOS/c1-9(2)10-5-6-11-12(7-10)15(3)8-13(17-4)14(11)16/h5-9H,1-4H3. The summed E-state index contributed by atoms with van der Waals surface area (Å²) in [4.78, 5) is 13.0. The molecule has 0 aliphatic carbocycles. The van der Waals surface area contributed by atoms with Crippen molar-refractivity contribution in [2.45, 2.75) is 24.7 Å². The molecule has 1 heterocycles. The van der Waals surface area contributed by atoms with E-state index in [1.165, 1.54) is 17.3 Å². The van der Waals surface area contributed by atoms with Crippen LogP contribution in [0, 0.1) is 0 Å². The first-order valence-electron chi connectivity index (χ1n) is 5.72. The van der Waals surface area contributed by atoms with E-state index in [1.807, 2.05) is 30.1 Å². The fourth-order valence-corrected chi connectivity index (χ4v) is 2.53. The maximum atomic E-state index is 12.2. The van der Waals surface area contributed by atoms with Crippen molar-refractivity contribution < 1.29 is 0 Å². The molecule has 0 saturated carbocycles. The van der Waals surface area contributed by atoms with Gasteiger partial charge in [0.05, 0.1) is 10.4 Å². The average Bonchev–Trinajstić information content (AvgIpc) is 2.33. The number of aromatic nitrogens is 1. The molecule has 0 radical (unpaired) electrons. The van der Waals surface area contributed by atoms with Gasteiger partial charge >= 0.3 is 0 Å². The number of aryl methyl sites for hydroxylation is 1. The van der Waals surface area contributed by atoms with Gasteiger partial charge in [-0.3, -0.25) is 4.79 Å². The molecular formula is C14H17NOS. The van der Waals surface area contributed by atoms with Gasteiger partial charge in [-0.05, 0) is 29.9 Å². The van der Waals surface area contributed by atoms with Gasteiger partial charge in [-0.25, -0.2) is 0 Å². The van der Waals surface area contributed by atoms with Crippen molar-refractivity contribution in [3.63, 3.8) is 0 Å². The topological polar surface area (TPSA) is 22.0 Å². The Balaban J connectivity index is 2.80. The Morgan fingerprint density at radius 2 is 2.00 bits per heavy atom. The highest BCUT2D eigenvalue weighted by atomic mass is 32.2. The van der Waals surface area contributed by atoms with Gasteiger partial charge in [0, 0.05) is 18.6 Å². The van der Waals surface area contributed by atoms with Crippen LogP contribution < -0.4 is 5.43 Å². The molecular weight excluding hydrogens is 230 g/mol. The summed E-state index contributed by atoms with van der Waals surface area (Å²) in [5.74, 6) is 0.481. The third-order valence-electron chi connectivity index (χ3n) is 3.07. The Hall–Kier alpha value is -1.22. The monoisotopic (exact) mass is 247 g/mol. The largest absolute Gasteiger partial charge is 0.349 e. The van der Waals surface area contributed by atoms with Crippen LogP contribution >= 0.6 is 11.8 Å². The van der Waals surface area contributed by atoms with Gasteiger partial charge in [0.15, 0.2) is 0 Å². The van der Waals surface area contributed by atoms with E-state index in [4.69, 9.17) is 0 Å². The van der Waals surface area contributed by atoms with Crippen LogP contribution in [-0.4, -0.2) is 10.8 Å². The van der Waals surface area contributed by atoms with Gasteiger partial charge in [-0.1, -0.05) is 19.9 Å². The van der Waals surface area contributed by atoms with Crippen molar-refractivity contribution in [1.82, 2.24) is 4.57 Å². The number of nitrogens with zero attached hydrogens (tertiary/aromatic N) is 1. The Morgan fingerprint density at radius 3 is 2.59 bits per heavy atom. The van der Waals surface area contributed by atoms with Gasteiger partial charge in [-0.2, -0.15) is 0 Å². The number of pyridine rings is 1. The normalized spacial score (nSPS) is 11.4. The summed E-state index contributed by atoms with van der Waals surface area (Å²) in [5, 5.41) is 0.809. The van der Waals surface area contributed by atoms with Crippen molar-refractivity contribution in [1.29, 1.82) is 0 Å². The van der Waals surface area contributed by atoms with Gasteiger partial charge in [0.25, 0.3) is 0 Å². The maximum absolute atomic E-state index is 12.2. The van der Waals surface area contributed by atoms with E-state index < -0.39 is 0 Å². The number of rotatable bonds is 2. The van der Waals surface area contributed by atoms with Gasteiger partial charge in [0.1, 0.15) is 0 Å². The van der Waals surface area contributed by atoms with Gasteiger partial charge < -0.3 is 4.57 Å². The van der Waals surface area contributed by atoms with E-state index >= 15 is 0 Å². The molecule has 2 rings (SSSR count). The van der Waals surface area contributed by atoms with Crippen LogP contribution in [0.3, 0.4) is 0 Å². The quantitative estimate of drug-likeness (QED) is 0.759. The zero-order valence-electron chi connectivity index (χ0n) is 10.7. The van der Waals surface area contributed by atoms with E-state index in [2.05, 4.69) is 26.0 Å². The molecule has 17 heavy (non-hydrogen) atoms. The second kappa shape index (κ2) is 4.57. The molecule has 90 valence electrons. The molecule has 3 heteroatoms. The summed E-state index contributed by atoms with van der Waals surface area (Å²) >= 11 is 1.50. The van der Waals surface area contributed by atoms with Crippen LogP contribution in [-0.2, 0) is 7.05 Å². The molecule has 1 aromatic heterocycles. The molecule has 0 spiro atoms. The Morgan fingerprint density at radius 1 is 1.29 bits per heavy atom. The highest BCUT2D eigenvalue weighted by molar-refractivity contribution is 7.98. The SMILES string of the molecule is CSc1cn(C)c2cc(C(C)C)ccc2c1=O. The first-order chi connectivity index (χ1) is 8.04. The van der Waals surface area contributed by atoms with Crippen LogP contribution in [0.15, 0.2) is 34.1 Å². The van der Waals surface area contributed by atoms with Crippen LogP contribution in [0.1, 0.15) is 25.3 Å². The molecule has 0 bridgehead atoms. The van der Waals surface area contributed by atoms with Gasteiger partial charge in [-0.15, -0.1) is 11.8 Å². The summed E-state index contributed by atoms with van der Waals surface area (Å²) in [7, 11) is 1.99. The lowest BCUT2D eigenvalue weighted by molar-refractivity contribution is 0.862.